The number of hydrogen-bond donors (Lipinski definition) is 1. The number of Topliss-reactive ketones (excluding diaryl/α,β-unsaturated/α-hetero) is 1. The Balaban J connectivity index is 1.34. The number of rotatable bonds is 7. The number of amides is 1. The molecule has 1 aliphatic heterocycles. The van der Waals surface area contributed by atoms with Crippen molar-refractivity contribution < 1.29 is 23.9 Å². The van der Waals surface area contributed by atoms with E-state index < -0.39 is 5.97 Å². The van der Waals surface area contributed by atoms with Crippen molar-refractivity contribution in [3.8, 4) is 5.75 Å². The van der Waals surface area contributed by atoms with Gasteiger partial charge in [-0.25, -0.2) is 9.78 Å². The van der Waals surface area contributed by atoms with E-state index in [4.69, 9.17) is 9.47 Å². The quantitative estimate of drug-likeness (QED) is 0.445. The summed E-state index contributed by atoms with van der Waals surface area (Å²) in [7, 11) is 0. The van der Waals surface area contributed by atoms with Crippen LogP contribution in [0.15, 0.2) is 47.8 Å². The summed E-state index contributed by atoms with van der Waals surface area (Å²) in [6.07, 6.45) is 0.968. The first-order valence-corrected chi connectivity index (χ1v) is 10.6. The summed E-state index contributed by atoms with van der Waals surface area (Å²) in [6.45, 7) is 1.86. The fourth-order valence-corrected chi connectivity index (χ4v) is 3.80. The maximum Gasteiger partial charge on any atom is 0.338 e. The molecular formula is C23H20N2O5S. The number of thiazole rings is 1. The second-order valence-corrected chi connectivity index (χ2v) is 8.16. The minimum Gasteiger partial charge on any atom is -0.487 e. The summed E-state index contributed by atoms with van der Waals surface area (Å²) < 4.78 is 10.9. The van der Waals surface area contributed by atoms with Gasteiger partial charge in [-0.3, -0.25) is 9.59 Å². The Morgan fingerprint density at radius 3 is 2.81 bits per heavy atom. The molecule has 8 heteroatoms. The van der Waals surface area contributed by atoms with E-state index in [9.17, 15) is 14.4 Å². The number of aryl methyl sites for hydroxylation is 2. The van der Waals surface area contributed by atoms with Crippen molar-refractivity contribution in [1.82, 2.24) is 4.98 Å². The molecule has 0 bridgehead atoms. The molecular weight excluding hydrogens is 416 g/mol. The molecule has 0 unspecified atom stereocenters. The summed E-state index contributed by atoms with van der Waals surface area (Å²) in [4.78, 5) is 40.6. The highest BCUT2D eigenvalue weighted by Crippen LogP contribution is 2.24. The Bertz CT molecular complexity index is 1150. The number of esters is 1. The highest BCUT2D eigenvalue weighted by molar-refractivity contribution is 7.09. The molecule has 31 heavy (non-hydrogen) atoms. The van der Waals surface area contributed by atoms with E-state index in [-0.39, 0.29) is 18.3 Å². The molecule has 0 atom stereocenters. The average Bonchev–Trinajstić information content (AvgIpc) is 3.20. The molecule has 0 saturated heterocycles. The second-order valence-electron chi connectivity index (χ2n) is 7.09. The third-order valence-corrected chi connectivity index (χ3v) is 5.60. The average molecular weight is 436 g/mol. The van der Waals surface area contributed by atoms with Gasteiger partial charge >= 0.3 is 5.97 Å². The maximum atomic E-state index is 12.5. The van der Waals surface area contributed by atoms with Gasteiger partial charge in [0.15, 0.2) is 12.4 Å². The largest absolute Gasteiger partial charge is 0.487 e. The molecule has 0 fully saturated rings. The third kappa shape index (κ3) is 5.16. The van der Waals surface area contributed by atoms with Crippen molar-refractivity contribution in [3.05, 3.63) is 75.2 Å². The lowest BCUT2D eigenvalue weighted by Crippen LogP contribution is -2.20. The number of nitrogens with one attached hydrogen (secondary N) is 1. The first kappa shape index (κ1) is 20.7. The predicted molar refractivity (Wildman–Crippen MR) is 116 cm³/mol. The van der Waals surface area contributed by atoms with Crippen LogP contribution in [0.5, 0.6) is 5.75 Å². The number of anilines is 1. The van der Waals surface area contributed by atoms with E-state index in [0.717, 1.165) is 22.0 Å². The molecule has 7 nitrogen and oxygen atoms in total. The molecule has 3 aromatic rings. The van der Waals surface area contributed by atoms with Crippen molar-refractivity contribution in [1.29, 1.82) is 0 Å². The van der Waals surface area contributed by atoms with Crippen LogP contribution in [0.1, 0.15) is 43.4 Å². The van der Waals surface area contributed by atoms with E-state index in [1.54, 1.807) is 53.8 Å². The van der Waals surface area contributed by atoms with Gasteiger partial charge in [0.2, 0.25) is 5.91 Å². The standard InChI is InChI=1S/C23H20N2O5S/c1-14-24-18(13-31-14)11-29-19-4-2-3-17(10-19)23(28)30-12-21(26)16-5-7-20-15(9-16)6-8-22(27)25-20/h2-5,7,9-10,13H,6,8,11-12H2,1H3,(H,25,27). The Kier molecular flexibility index (Phi) is 6.08. The molecule has 1 aliphatic rings. The second kappa shape index (κ2) is 9.09. The van der Waals surface area contributed by atoms with Gasteiger partial charge in [-0.2, -0.15) is 0 Å². The molecule has 1 aromatic heterocycles. The van der Waals surface area contributed by atoms with Crippen molar-refractivity contribution in [2.24, 2.45) is 0 Å². The number of fused-ring (bicyclic) bond motifs is 1. The number of ketones is 1. The van der Waals surface area contributed by atoms with Crippen molar-refractivity contribution >= 4 is 34.7 Å². The lowest BCUT2D eigenvalue weighted by atomic mass is 9.99. The lowest BCUT2D eigenvalue weighted by molar-refractivity contribution is -0.116. The molecule has 1 amide bonds. The zero-order valence-corrected chi connectivity index (χ0v) is 17.7. The van der Waals surface area contributed by atoms with E-state index in [1.165, 1.54) is 0 Å². The smallest absolute Gasteiger partial charge is 0.338 e. The van der Waals surface area contributed by atoms with Gasteiger partial charge in [-0.05, 0) is 55.3 Å². The predicted octanol–water partition coefficient (Wildman–Crippen LogP) is 3.95. The topological polar surface area (TPSA) is 94.6 Å². The fourth-order valence-electron chi connectivity index (χ4n) is 3.20. The summed E-state index contributed by atoms with van der Waals surface area (Å²) >= 11 is 1.55. The molecule has 1 N–H and O–H groups in total. The Morgan fingerprint density at radius 1 is 1.13 bits per heavy atom. The van der Waals surface area contributed by atoms with Crippen LogP contribution in [-0.4, -0.2) is 29.3 Å². The highest BCUT2D eigenvalue weighted by Gasteiger charge is 2.18. The summed E-state index contributed by atoms with van der Waals surface area (Å²) in [5, 5.41) is 5.66. The van der Waals surface area contributed by atoms with Gasteiger partial charge < -0.3 is 14.8 Å². The zero-order chi connectivity index (χ0) is 21.8. The zero-order valence-electron chi connectivity index (χ0n) is 16.8. The van der Waals surface area contributed by atoms with Crippen LogP contribution < -0.4 is 10.1 Å². The van der Waals surface area contributed by atoms with Gasteiger partial charge in [0, 0.05) is 23.1 Å². The van der Waals surface area contributed by atoms with Crippen LogP contribution in [0.4, 0.5) is 5.69 Å². The number of hydrogen-bond acceptors (Lipinski definition) is 7. The van der Waals surface area contributed by atoms with Gasteiger partial charge in [0.1, 0.15) is 12.4 Å². The molecule has 2 aromatic carbocycles. The van der Waals surface area contributed by atoms with Crippen LogP contribution in [0.2, 0.25) is 0 Å². The Morgan fingerprint density at radius 2 is 2.00 bits per heavy atom. The van der Waals surface area contributed by atoms with Crippen molar-refractivity contribution in [2.45, 2.75) is 26.4 Å². The highest BCUT2D eigenvalue weighted by atomic mass is 32.1. The van der Waals surface area contributed by atoms with Gasteiger partial charge in [-0.15, -0.1) is 11.3 Å². The first-order chi connectivity index (χ1) is 15.0. The molecule has 4 rings (SSSR count). The SMILES string of the molecule is Cc1nc(COc2cccc(C(=O)OCC(=O)c3ccc4c(c3)CCC(=O)N4)c2)cs1. The molecule has 0 spiro atoms. The van der Waals surface area contributed by atoms with Gasteiger partial charge in [0.05, 0.1) is 16.3 Å². The summed E-state index contributed by atoms with van der Waals surface area (Å²) in [5.74, 6) is -0.426. The number of benzene rings is 2. The van der Waals surface area contributed by atoms with Crippen LogP contribution in [0.25, 0.3) is 0 Å². The summed E-state index contributed by atoms with van der Waals surface area (Å²) in [6, 6.07) is 11.7. The van der Waals surface area contributed by atoms with Crippen LogP contribution in [0, 0.1) is 6.92 Å². The van der Waals surface area contributed by atoms with E-state index in [2.05, 4.69) is 10.3 Å². The van der Waals surface area contributed by atoms with Crippen molar-refractivity contribution in [3.63, 3.8) is 0 Å². The van der Waals surface area contributed by atoms with Crippen LogP contribution >= 0.6 is 11.3 Å². The minimum atomic E-state index is -0.603. The van der Waals surface area contributed by atoms with Crippen molar-refractivity contribution in [2.75, 3.05) is 11.9 Å². The molecule has 0 aliphatic carbocycles. The third-order valence-electron chi connectivity index (χ3n) is 4.78. The van der Waals surface area contributed by atoms with Crippen LogP contribution in [-0.2, 0) is 22.6 Å². The monoisotopic (exact) mass is 436 g/mol. The molecule has 0 radical (unpaired) electrons. The number of carbonyl (C=O) groups is 3. The lowest BCUT2D eigenvalue weighted by Gasteiger charge is -2.17. The normalized spacial score (nSPS) is 12.6. The maximum absolute atomic E-state index is 12.5. The Labute approximate surface area is 183 Å². The van der Waals surface area contributed by atoms with E-state index in [1.807, 2.05) is 12.3 Å². The number of aromatic nitrogens is 1. The van der Waals surface area contributed by atoms with E-state index >= 15 is 0 Å². The number of ether oxygens (including phenoxy) is 2. The van der Waals surface area contributed by atoms with Crippen LogP contribution in [0.3, 0.4) is 0 Å². The van der Waals surface area contributed by atoms with E-state index in [0.29, 0.717) is 36.3 Å². The molecule has 2 heterocycles. The first-order valence-electron chi connectivity index (χ1n) is 9.75. The molecule has 158 valence electrons. The minimum absolute atomic E-state index is 0.0339. The van der Waals surface area contributed by atoms with Gasteiger partial charge in [0.25, 0.3) is 0 Å². The number of carbonyl (C=O) groups excluding carboxylic acids is 3. The number of nitrogens with zero attached hydrogens (tertiary/aromatic N) is 1. The molecule has 0 saturated carbocycles. The summed E-state index contributed by atoms with van der Waals surface area (Å²) in [5.41, 5.74) is 3.18. The van der Waals surface area contributed by atoms with Gasteiger partial charge in [-0.1, -0.05) is 6.07 Å². The fraction of sp³-hybridized carbons (Fsp3) is 0.217. The Hall–Kier alpha value is -3.52.